The highest BCUT2D eigenvalue weighted by atomic mass is 33.5. The molecule has 0 aromatic carbocycles. The fourth-order valence-electron chi connectivity index (χ4n) is 0.278. The van der Waals surface area contributed by atoms with Crippen LogP contribution in [0.4, 0.5) is 4.79 Å². The average Bonchev–Trinajstić information content (AvgIpc) is 1.79. The topological polar surface area (TPSA) is 35.5 Å². The molecule has 6 heteroatoms. The Hall–Kier alpha value is 0.320. The van der Waals surface area contributed by atoms with Crippen molar-refractivity contribution in [1.29, 1.82) is 0 Å². The number of carbonyl (C=O) groups is 1. The van der Waals surface area contributed by atoms with Crippen molar-refractivity contribution < 1.29 is 13.7 Å². The third kappa shape index (κ3) is 3.12. The molecule has 0 amide bonds. The van der Waals surface area contributed by atoms with Gasteiger partial charge in [-0.15, -0.1) is 0 Å². The Kier molecular flexibility index (Phi) is 3.45. The first kappa shape index (κ1) is 7.43. The SMILES string of the molecule is O=C1OCCSSSO1. The molecular formula is C3H4O3S3. The van der Waals surface area contributed by atoms with Gasteiger partial charge in [0.1, 0.15) is 17.7 Å². The third-order valence-electron chi connectivity index (χ3n) is 0.565. The lowest BCUT2D eigenvalue weighted by Gasteiger charge is -2.06. The van der Waals surface area contributed by atoms with Crippen LogP contribution in [0.2, 0.25) is 0 Å². The van der Waals surface area contributed by atoms with E-state index in [2.05, 4.69) is 8.92 Å². The molecule has 3 nitrogen and oxygen atoms in total. The highest BCUT2D eigenvalue weighted by molar-refractivity contribution is 9.08. The van der Waals surface area contributed by atoms with Crippen molar-refractivity contribution in [2.75, 3.05) is 12.4 Å². The molecule has 9 heavy (non-hydrogen) atoms. The van der Waals surface area contributed by atoms with E-state index in [4.69, 9.17) is 0 Å². The summed E-state index contributed by atoms with van der Waals surface area (Å²) in [5, 5.41) is 0. The van der Waals surface area contributed by atoms with Crippen molar-refractivity contribution in [3.8, 4) is 0 Å². The van der Waals surface area contributed by atoms with Crippen molar-refractivity contribution in [1.82, 2.24) is 0 Å². The summed E-state index contributed by atoms with van der Waals surface area (Å²) in [6.07, 6.45) is -0.590. The van der Waals surface area contributed by atoms with Crippen LogP contribution in [0.3, 0.4) is 0 Å². The van der Waals surface area contributed by atoms with Gasteiger partial charge < -0.3 is 8.92 Å². The molecule has 52 valence electrons. The van der Waals surface area contributed by atoms with E-state index >= 15 is 0 Å². The summed E-state index contributed by atoms with van der Waals surface area (Å²) >= 11 is 1.04. The zero-order valence-electron chi connectivity index (χ0n) is 4.36. The van der Waals surface area contributed by atoms with Gasteiger partial charge in [0.05, 0.1) is 0 Å². The maximum absolute atomic E-state index is 10.3. The highest BCUT2D eigenvalue weighted by Crippen LogP contribution is 2.36. The van der Waals surface area contributed by atoms with Crippen LogP contribution < -0.4 is 0 Å². The largest absolute Gasteiger partial charge is 0.521 e. The number of rotatable bonds is 0. The van der Waals surface area contributed by atoms with Crippen LogP contribution in [-0.2, 0) is 8.92 Å². The number of hydrogen-bond donors (Lipinski definition) is 0. The van der Waals surface area contributed by atoms with Crippen molar-refractivity contribution >= 4 is 37.8 Å². The third-order valence-corrected chi connectivity index (χ3v) is 3.78. The zero-order valence-corrected chi connectivity index (χ0v) is 6.81. The second-order valence-corrected chi connectivity index (χ2v) is 4.97. The van der Waals surface area contributed by atoms with E-state index in [-0.39, 0.29) is 0 Å². The van der Waals surface area contributed by atoms with Crippen molar-refractivity contribution in [2.45, 2.75) is 0 Å². The normalized spacial score (nSPS) is 21.1. The van der Waals surface area contributed by atoms with Gasteiger partial charge in [0.15, 0.2) is 0 Å². The smallest absolute Gasteiger partial charge is 0.433 e. The Morgan fingerprint density at radius 2 is 2.44 bits per heavy atom. The standard InChI is InChI=1S/C3H4O3S3/c4-3-5-1-2-7-9-8-6-3/h1-2H2. The van der Waals surface area contributed by atoms with Gasteiger partial charge in [0.25, 0.3) is 0 Å². The highest BCUT2D eigenvalue weighted by Gasteiger charge is 2.08. The average molecular weight is 184 g/mol. The van der Waals surface area contributed by atoms with Crippen LogP contribution in [0.5, 0.6) is 0 Å². The van der Waals surface area contributed by atoms with Crippen LogP contribution in [0.15, 0.2) is 0 Å². The maximum atomic E-state index is 10.3. The van der Waals surface area contributed by atoms with Crippen LogP contribution >= 0.6 is 31.7 Å². The molecule has 0 bridgehead atoms. The van der Waals surface area contributed by atoms with E-state index in [9.17, 15) is 4.79 Å². The Labute approximate surface area is 64.2 Å². The summed E-state index contributed by atoms with van der Waals surface area (Å²) in [5.74, 6) is 0.826. The summed E-state index contributed by atoms with van der Waals surface area (Å²) in [5.41, 5.74) is 0. The molecule has 1 rings (SSSR count). The summed E-state index contributed by atoms with van der Waals surface area (Å²) in [4.78, 5) is 10.3. The lowest BCUT2D eigenvalue weighted by atomic mass is 10.9. The van der Waals surface area contributed by atoms with Crippen LogP contribution in [-0.4, -0.2) is 18.5 Å². The van der Waals surface area contributed by atoms with Gasteiger partial charge in [-0.2, -0.15) is 0 Å². The molecule has 1 saturated heterocycles. The Bertz CT molecular complexity index is 96.5. The molecule has 0 aromatic heterocycles. The molecule has 0 unspecified atom stereocenters. The molecule has 0 aromatic rings. The zero-order chi connectivity index (χ0) is 6.53. The number of carbonyl (C=O) groups excluding carboxylic acids is 1. The molecule has 1 aliphatic rings. The molecule has 0 spiro atoms. The van der Waals surface area contributed by atoms with E-state index < -0.39 is 6.16 Å². The lowest BCUT2D eigenvalue weighted by molar-refractivity contribution is 0.113. The van der Waals surface area contributed by atoms with E-state index in [1.807, 2.05) is 0 Å². The lowest BCUT2D eigenvalue weighted by Crippen LogP contribution is -2.06. The van der Waals surface area contributed by atoms with E-state index in [0.29, 0.717) is 6.61 Å². The second kappa shape index (κ2) is 4.19. The first-order chi connectivity index (χ1) is 4.39. The van der Waals surface area contributed by atoms with Crippen molar-refractivity contribution in [3.05, 3.63) is 0 Å². The monoisotopic (exact) mass is 184 g/mol. The van der Waals surface area contributed by atoms with Crippen molar-refractivity contribution in [3.63, 3.8) is 0 Å². The first-order valence-electron chi connectivity index (χ1n) is 2.19. The molecule has 0 radical (unpaired) electrons. The second-order valence-electron chi connectivity index (χ2n) is 1.14. The Balaban J connectivity index is 2.20. The predicted molar refractivity (Wildman–Crippen MR) is 40.1 cm³/mol. The molecule has 0 saturated carbocycles. The molecule has 0 atom stereocenters. The minimum atomic E-state index is -0.590. The van der Waals surface area contributed by atoms with Crippen LogP contribution in [0.1, 0.15) is 0 Å². The summed E-state index contributed by atoms with van der Waals surface area (Å²) in [6.45, 7) is 0.442. The molecular weight excluding hydrogens is 180 g/mol. The predicted octanol–water partition coefficient (Wildman–Crippen LogP) is 2.10. The van der Waals surface area contributed by atoms with E-state index in [1.54, 1.807) is 10.8 Å². The Morgan fingerprint density at radius 3 is 3.33 bits per heavy atom. The molecule has 1 aliphatic heterocycles. The quantitative estimate of drug-likeness (QED) is 0.326. The van der Waals surface area contributed by atoms with E-state index in [1.165, 1.54) is 9.83 Å². The van der Waals surface area contributed by atoms with Crippen LogP contribution in [0, 0.1) is 0 Å². The minimum Gasteiger partial charge on any atom is -0.433 e. The molecule has 1 heterocycles. The van der Waals surface area contributed by atoms with Gasteiger partial charge in [-0.05, 0) is 0 Å². The van der Waals surface area contributed by atoms with Gasteiger partial charge >= 0.3 is 6.16 Å². The number of ether oxygens (including phenoxy) is 1. The van der Waals surface area contributed by atoms with Crippen LogP contribution in [0.25, 0.3) is 0 Å². The molecule has 1 fully saturated rings. The number of hydrogen-bond acceptors (Lipinski definition) is 6. The summed E-state index contributed by atoms with van der Waals surface area (Å²) in [6, 6.07) is 0. The van der Waals surface area contributed by atoms with Gasteiger partial charge in [-0.3, -0.25) is 0 Å². The van der Waals surface area contributed by atoms with E-state index in [0.717, 1.165) is 16.8 Å². The maximum Gasteiger partial charge on any atom is 0.521 e. The summed E-state index contributed by atoms with van der Waals surface area (Å²) < 4.78 is 9.05. The van der Waals surface area contributed by atoms with Gasteiger partial charge in [-0.1, -0.05) is 10.8 Å². The number of cyclic esters (lactones) is 1. The van der Waals surface area contributed by atoms with Gasteiger partial charge in [0.2, 0.25) is 0 Å². The fraction of sp³-hybridized carbons (Fsp3) is 0.667. The first-order valence-corrected chi connectivity index (χ1v) is 5.77. The van der Waals surface area contributed by atoms with Gasteiger partial charge in [-0.25, -0.2) is 4.79 Å². The van der Waals surface area contributed by atoms with Gasteiger partial charge in [0, 0.05) is 15.6 Å². The minimum absolute atomic E-state index is 0.442. The molecule has 0 aliphatic carbocycles. The molecule has 0 N–H and O–H groups in total. The summed E-state index contributed by atoms with van der Waals surface area (Å²) in [7, 11) is 3.05. The van der Waals surface area contributed by atoms with Crippen molar-refractivity contribution in [2.24, 2.45) is 0 Å². The Morgan fingerprint density at radius 1 is 1.56 bits per heavy atom. The fourth-order valence-corrected chi connectivity index (χ4v) is 2.66.